The van der Waals surface area contributed by atoms with Crippen LogP contribution in [0.2, 0.25) is 5.02 Å². The summed E-state index contributed by atoms with van der Waals surface area (Å²) in [6.07, 6.45) is 0.777. The Morgan fingerprint density at radius 2 is 1.72 bits per heavy atom. The topological polar surface area (TPSA) is 84.9 Å². The van der Waals surface area contributed by atoms with E-state index in [1.165, 1.54) is 11.9 Å². The van der Waals surface area contributed by atoms with Crippen molar-refractivity contribution in [2.45, 2.75) is 13.3 Å². The minimum absolute atomic E-state index is 0.157. The van der Waals surface area contributed by atoms with Crippen molar-refractivity contribution in [3.05, 3.63) is 59.1 Å². The number of nitrogens with one attached hydrogen (secondary N) is 1. The lowest BCUT2D eigenvalue weighted by molar-refractivity contribution is -0.153. The molecule has 2 aromatic carbocycles. The minimum Gasteiger partial charge on any atom is -0.482 e. The highest BCUT2D eigenvalue weighted by Crippen LogP contribution is 2.16. The number of ether oxygens (including phenoxy) is 2. The van der Waals surface area contributed by atoms with Gasteiger partial charge in [-0.15, -0.1) is 0 Å². The number of carbonyl (C=O) groups is 3. The van der Waals surface area contributed by atoms with Crippen LogP contribution < -0.4 is 10.1 Å². The van der Waals surface area contributed by atoms with E-state index in [9.17, 15) is 14.4 Å². The summed E-state index contributed by atoms with van der Waals surface area (Å²) in [6, 6.07) is 13.9. The number of benzene rings is 2. The van der Waals surface area contributed by atoms with Gasteiger partial charge in [-0.1, -0.05) is 36.7 Å². The van der Waals surface area contributed by atoms with Gasteiger partial charge in [-0.3, -0.25) is 9.59 Å². The zero-order valence-electron chi connectivity index (χ0n) is 16.3. The molecule has 2 amide bonds. The fraction of sp³-hybridized carbons (Fsp3) is 0.286. The van der Waals surface area contributed by atoms with E-state index in [2.05, 4.69) is 5.32 Å². The van der Waals surface area contributed by atoms with Gasteiger partial charge >= 0.3 is 5.97 Å². The normalized spacial score (nSPS) is 10.2. The average molecular weight is 419 g/mol. The number of rotatable bonds is 9. The molecule has 0 saturated carbocycles. The molecule has 0 aliphatic carbocycles. The van der Waals surface area contributed by atoms with Crippen molar-refractivity contribution in [1.82, 2.24) is 4.90 Å². The van der Waals surface area contributed by atoms with Crippen LogP contribution in [0.1, 0.15) is 12.5 Å². The van der Waals surface area contributed by atoms with Gasteiger partial charge in [0.15, 0.2) is 13.2 Å². The Labute approximate surface area is 174 Å². The van der Waals surface area contributed by atoms with Crippen LogP contribution in [0.15, 0.2) is 48.5 Å². The summed E-state index contributed by atoms with van der Waals surface area (Å²) in [7, 11) is 1.46. The molecule has 0 saturated heterocycles. The predicted octanol–water partition coefficient (Wildman–Crippen LogP) is 2.92. The average Bonchev–Trinajstić information content (AvgIpc) is 2.71. The molecule has 0 aliphatic rings. The van der Waals surface area contributed by atoms with Gasteiger partial charge in [0.2, 0.25) is 5.91 Å². The van der Waals surface area contributed by atoms with Crippen LogP contribution >= 0.6 is 11.6 Å². The number of para-hydroxylation sites is 1. The lowest BCUT2D eigenvalue weighted by Crippen LogP contribution is -2.37. The Kier molecular flexibility index (Phi) is 8.48. The molecule has 7 nitrogen and oxygen atoms in total. The number of carbonyl (C=O) groups excluding carboxylic acids is 3. The molecule has 2 rings (SSSR count). The SMILES string of the molecule is CCc1ccccc1NC(=O)CN(C)C(=O)COC(=O)COc1ccc(Cl)cc1. The van der Waals surface area contributed by atoms with E-state index in [4.69, 9.17) is 21.1 Å². The van der Waals surface area contributed by atoms with E-state index in [1.807, 2.05) is 25.1 Å². The molecule has 29 heavy (non-hydrogen) atoms. The summed E-state index contributed by atoms with van der Waals surface area (Å²) in [6.45, 7) is 1.02. The molecule has 154 valence electrons. The minimum atomic E-state index is -0.692. The number of hydrogen-bond donors (Lipinski definition) is 1. The first-order valence-electron chi connectivity index (χ1n) is 9.04. The highest BCUT2D eigenvalue weighted by molar-refractivity contribution is 6.30. The molecular weight excluding hydrogens is 396 g/mol. The Balaban J connectivity index is 1.73. The van der Waals surface area contributed by atoms with Gasteiger partial charge in [0.05, 0.1) is 6.54 Å². The molecule has 2 aromatic rings. The molecule has 0 atom stereocenters. The van der Waals surface area contributed by atoms with Crippen molar-refractivity contribution in [1.29, 1.82) is 0 Å². The van der Waals surface area contributed by atoms with Gasteiger partial charge in [-0.2, -0.15) is 0 Å². The monoisotopic (exact) mass is 418 g/mol. The van der Waals surface area contributed by atoms with Crippen molar-refractivity contribution in [2.75, 3.05) is 32.1 Å². The molecule has 0 radical (unpaired) electrons. The Bertz CT molecular complexity index is 854. The smallest absolute Gasteiger partial charge is 0.344 e. The second-order valence-electron chi connectivity index (χ2n) is 6.21. The maximum atomic E-state index is 12.2. The molecule has 0 unspecified atom stereocenters. The van der Waals surface area contributed by atoms with Crippen LogP contribution in [0, 0.1) is 0 Å². The first kappa shape index (κ1) is 22.2. The number of hydrogen-bond acceptors (Lipinski definition) is 5. The fourth-order valence-corrected chi connectivity index (χ4v) is 2.54. The maximum Gasteiger partial charge on any atom is 0.344 e. The van der Waals surface area contributed by atoms with E-state index >= 15 is 0 Å². The fourth-order valence-electron chi connectivity index (χ4n) is 2.41. The van der Waals surface area contributed by atoms with Crippen molar-refractivity contribution in [2.24, 2.45) is 0 Å². The van der Waals surface area contributed by atoms with Gasteiger partial charge < -0.3 is 19.7 Å². The van der Waals surface area contributed by atoms with Gasteiger partial charge in [0.1, 0.15) is 5.75 Å². The van der Waals surface area contributed by atoms with Gasteiger partial charge in [0, 0.05) is 17.8 Å². The number of aryl methyl sites for hydroxylation is 1. The zero-order valence-corrected chi connectivity index (χ0v) is 17.1. The van der Waals surface area contributed by atoms with Gasteiger partial charge in [0.25, 0.3) is 5.91 Å². The van der Waals surface area contributed by atoms with Crippen molar-refractivity contribution >= 4 is 35.1 Å². The third-order valence-electron chi connectivity index (χ3n) is 4.01. The summed E-state index contributed by atoms with van der Waals surface area (Å²) < 4.78 is 10.1. The zero-order chi connectivity index (χ0) is 21.2. The molecule has 1 N–H and O–H groups in total. The summed E-state index contributed by atoms with van der Waals surface area (Å²) >= 11 is 5.77. The molecule has 0 aliphatic heterocycles. The third-order valence-corrected chi connectivity index (χ3v) is 4.26. The molecule has 0 aromatic heterocycles. The molecule has 0 fully saturated rings. The maximum absolute atomic E-state index is 12.2. The highest BCUT2D eigenvalue weighted by Gasteiger charge is 2.16. The van der Waals surface area contributed by atoms with Crippen LogP contribution in [-0.2, 0) is 25.5 Å². The van der Waals surface area contributed by atoms with Gasteiger partial charge in [-0.25, -0.2) is 4.79 Å². The number of esters is 1. The van der Waals surface area contributed by atoms with E-state index in [0.29, 0.717) is 16.5 Å². The molecule has 8 heteroatoms. The third kappa shape index (κ3) is 7.46. The Hall–Kier alpha value is -3.06. The quantitative estimate of drug-likeness (QED) is 0.633. The van der Waals surface area contributed by atoms with E-state index in [-0.39, 0.29) is 19.1 Å². The summed E-state index contributed by atoms with van der Waals surface area (Å²) in [5.74, 6) is -1.07. The van der Waals surface area contributed by atoms with Crippen molar-refractivity contribution < 1.29 is 23.9 Å². The van der Waals surface area contributed by atoms with Crippen molar-refractivity contribution in [3.63, 3.8) is 0 Å². The number of nitrogens with zero attached hydrogens (tertiary/aromatic N) is 1. The molecule has 0 spiro atoms. The summed E-state index contributed by atoms with van der Waals surface area (Å²) in [5, 5.41) is 3.34. The van der Waals surface area contributed by atoms with E-state index in [0.717, 1.165) is 12.0 Å². The Morgan fingerprint density at radius 1 is 1.03 bits per heavy atom. The molecule has 0 heterocycles. The lowest BCUT2D eigenvalue weighted by atomic mass is 10.1. The second kappa shape index (κ2) is 11.1. The number of amides is 2. The lowest BCUT2D eigenvalue weighted by Gasteiger charge is -2.17. The van der Waals surface area contributed by atoms with Crippen molar-refractivity contribution in [3.8, 4) is 5.75 Å². The number of halogens is 1. The van der Waals surface area contributed by atoms with Crippen LogP contribution in [0.3, 0.4) is 0 Å². The van der Waals surface area contributed by atoms with E-state index < -0.39 is 18.5 Å². The predicted molar refractivity (Wildman–Crippen MR) is 110 cm³/mol. The summed E-state index contributed by atoms with van der Waals surface area (Å²) in [4.78, 5) is 37.2. The first-order chi connectivity index (χ1) is 13.9. The van der Waals surface area contributed by atoms with Crippen LogP contribution in [-0.4, -0.2) is 49.5 Å². The van der Waals surface area contributed by atoms with Crippen LogP contribution in [0.25, 0.3) is 0 Å². The molecular formula is C21H23ClN2O5. The molecule has 0 bridgehead atoms. The van der Waals surface area contributed by atoms with Crippen LogP contribution in [0.4, 0.5) is 5.69 Å². The van der Waals surface area contributed by atoms with Crippen LogP contribution in [0.5, 0.6) is 5.75 Å². The summed E-state index contributed by atoms with van der Waals surface area (Å²) in [5.41, 5.74) is 1.72. The number of anilines is 1. The standard InChI is InChI=1S/C21H23ClN2O5/c1-3-15-6-4-5-7-18(15)23-19(25)12-24(2)20(26)13-29-21(27)14-28-17-10-8-16(22)9-11-17/h4-11H,3,12-14H2,1-2H3,(H,23,25). The Morgan fingerprint density at radius 3 is 2.41 bits per heavy atom. The number of likely N-dealkylation sites (N-methyl/N-ethyl adjacent to an activating group) is 1. The first-order valence-corrected chi connectivity index (χ1v) is 9.42. The second-order valence-corrected chi connectivity index (χ2v) is 6.65. The largest absolute Gasteiger partial charge is 0.482 e. The highest BCUT2D eigenvalue weighted by atomic mass is 35.5. The van der Waals surface area contributed by atoms with Gasteiger partial charge in [-0.05, 0) is 42.3 Å². The van der Waals surface area contributed by atoms with E-state index in [1.54, 1.807) is 30.3 Å².